The number of alkyl halides is 1. The summed E-state index contributed by atoms with van der Waals surface area (Å²) in [5.41, 5.74) is 8.88. The number of fused-ring (bicyclic) bond motifs is 2. The number of ether oxygens (including phenoxy) is 2. The molecule has 5 N–H and O–H groups in total. The summed E-state index contributed by atoms with van der Waals surface area (Å²) < 4.78 is 49.1. The van der Waals surface area contributed by atoms with Crippen molar-refractivity contribution in [2.24, 2.45) is 12.8 Å². The predicted molar refractivity (Wildman–Crippen MR) is 242 cm³/mol. The number of carbonyl (C=O) groups excluding carboxylic acids is 3. The molecule has 5 heterocycles. The summed E-state index contributed by atoms with van der Waals surface area (Å²) in [7, 11) is 1.89. The third kappa shape index (κ3) is 8.73. The van der Waals surface area contributed by atoms with Crippen LogP contribution in [0, 0.1) is 11.6 Å². The molecule has 5 aromatic rings. The molecule has 4 aromatic carbocycles. The molecule has 350 valence electrons. The van der Waals surface area contributed by atoms with Crippen LogP contribution in [0.4, 0.5) is 19.4 Å². The van der Waals surface area contributed by atoms with Gasteiger partial charge in [-0.05, 0) is 12.1 Å². The zero-order valence-electron chi connectivity index (χ0n) is 36.8. The van der Waals surface area contributed by atoms with Crippen molar-refractivity contribution in [1.82, 2.24) is 28.4 Å². The van der Waals surface area contributed by atoms with Crippen LogP contribution in [-0.2, 0) is 15.4 Å². The molecule has 0 aliphatic carbocycles. The van der Waals surface area contributed by atoms with Crippen molar-refractivity contribution < 1.29 is 59.2 Å². The molecule has 4 aliphatic rings. The van der Waals surface area contributed by atoms with Gasteiger partial charge in [-0.15, -0.1) is 0 Å². The van der Waals surface area contributed by atoms with Gasteiger partial charge >= 0.3 is 309 Å². The minimum absolute atomic E-state index is 0.0133. The van der Waals surface area contributed by atoms with Crippen molar-refractivity contribution in [2.75, 3.05) is 63.9 Å². The molecule has 4 aliphatic heterocycles. The second-order valence-electron chi connectivity index (χ2n) is 17.4. The first-order valence-electron chi connectivity index (χ1n) is 22.4. The first-order valence-corrected chi connectivity index (χ1v) is 25.0. The summed E-state index contributed by atoms with van der Waals surface area (Å²) in [5.74, 6) is -2.43. The van der Waals surface area contributed by atoms with Gasteiger partial charge in [0.15, 0.2) is 5.82 Å². The summed E-state index contributed by atoms with van der Waals surface area (Å²) in [6, 6.07) is 20.1. The van der Waals surface area contributed by atoms with Crippen molar-refractivity contribution in [3.8, 4) is 22.6 Å². The number of aromatic nitrogens is 2. The van der Waals surface area contributed by atoms with Gasteiger partial charge in [0.1, 0.15) is 0 Å². The van der Waals surface area contributed by atoms with E-state index in [0.29, 0.717) is 36.4 Å². The standard InChI is InChI=1S/C48H53ClF2IN8O6/c1-28-40-38(27-35(50)43(49)42(40)41-34(45(53)63)10-11-37(44(41)51)65-25-24-61)66-48(28,31-6-4-3-5-7-31)52-54-17-23-58-18-14-32(15-19-58)59-20-12-29(13-21-59)30-8-9-33-36(26-30)57(2)56-46(33)60-22-16-39(62)55-47(60)64/h3-11,26-29,32,54,61H,12-25H2,1-2H3,(H2,53,63)(H,55,62,64)/q-1/t28-,48-/m0/s1. The third-order valence-electron chi connectivity index (χ3n) is 13.6. The van der Waals surface area contributed by atoms with Crippen molar-refractivity contribution in [2.45, 2.75) is 60.5 Å². The van der Waals surface area contributed by atoms with E-state index in [9.17, 15) is 19.5 Å². The molecule has 0 unspecified atom stereocenters. The zero-order chi connectivity index (χ0) is 46.3. The Labute approximate surface area is 397 Å². The number of aryl methyl sites for hydroxylation is 1. The van der Waals surface area contributed by atoms with Gasteiger partial charge in [-0.1, -0.05) is 6.07 Å². The van der Waals surface area contributed by atoms with Crippen LogP contribution >= 0.6 is 11.6 Å². The fourth-order valence-corrected chi connectivity index (χ4v) is 13.3. The Hall–Kier alpha value is -4.92. The normalized spacial score (nSPS) is 21.1. The molecule has 3 fully saturated rings. The SMILES string of the molecule is C[C@H]1c2c(cc(F)c(Cl)c2-c2c(C(N)=O)ccc(OCCO)c2F)O[C@]1([I-]NCCN1CCC(N2CCC(c3ccc4c(N5CCC(=O)NC5=O)nn(C)c4c3)CC2)CC1)c1ccccc1. The number of likely N-dealkylation sites (tertiary alicyclic amines) is 2. The van der Waals surface area contributed by atoms with Crippen LogP contribution in [0.3, 0.4) is 0 Å². The van der Waals surface area contributed by atoms with Gasteiger partial charge < -0.3 is 0 Å². The fraction of sp³-hybridized carbons (Fsp3) is 0.417. The van der Waals surface area contributed by atoms with Gasteiger partial charge in [0.05, 0.1) is 5.52 Å². The summed E-state index contributed by atoms with van der Waals surface area (Å²) in [6.45, 7) is 7.32. The molecular formula is C48H53ClF2IN8O6-. The van der Waals surface area contributed by atoms with Crippen LogP contribution in [0.1, 0.15) is 77.9 Å². The number of carbonyl (C=O) groups is 3. The number of primary amides is 1. The van der Waals surface area contributed by atoms with Crippen LogP contribution in [-0.4, -0.2) is 108 Å². The van der Waals surface area contributed by atoms with Crippen molar-refractivity contribution in [3.63, 3.8) is 0 Å². The van der Waals surface area contributed by atoms with E-state index in [0.717, 1.165) is 74.9 Å². The molecule has 2 atom stereocenters. The van der Waals surface area contributed by atoms with E-state index in [1.807, 2.05) is 49.0 Å². The maximum atomic E-state index is 16.4. The Bertz CT molecular complexity index is 2660. The Balaban J connectivity index is 0.826. The number of hydrogen-bond donors (Lipinski definition) is 4. The summed E-state index contributed by atoms with van der Waals surface area (Å²) >= 11 is 5.70. The van der Waals surface area contributed by atoms with Gasteiger partial charge in [0.25, 0.3) is 0 Å². The van der Waals surface area contributed by atoms with E-state index in [1.165, 1.54) is 23.8 Å². The molecule has 9 rings (SSSR count). The monoisotopic (exact) mass is 1040 g/mol. The predicted octanol–water partition coefficient (Wildman–Crippen LogP) is 3.37. The number of amides is 4. The molecular weight excluding hydrogens is 985 g/mol. The van der Waals surface area contributed by atoms with E-state index < -0.39 is 54.6 Å². The van der Waals surface area contributed by atoms with E-state index in [-0.39, 0.29) is 58.8 Å². The first kappa shape index (κ1) is 46.2. The van der Waals surface area contributed by atoms with E-state index >= 15 is 8.78 Å². The number of nitrogens with zero attached hydrogens (tertiary/aromatic N) is 5. The van der Waals surface area contributed by atoms with Crippen LogP contribution in [0.2, 0.25) is 5.02 Å². The van der Waals surface area contributed by atoms with Gasteiger partial charge in [-0.25, -0.2) is 4.79 Å². The number of imide groups is 1. The second-order valence-corrected chi connectivity index (χ2v) is 20.7. The summed E-state index contributed by atoms with van der Waals surface area (Å²) in [5, 5.41) is 16.9. The Morgan fingerprint density at radius 2 is 1.79 bits per heavy atom. The van der Waals surface area contributed by atoms with Crippen molar-refractivity contribution in [1.29, 1.82) is 0 Å². The molecule has 1 aromatic heterocycles. The first-order chi connectivity index (χ1) is 31.9. The molecule has 3 saturated heterocycles. The summed E-state index contributed by atoms with van der Waals surface area (Å²) in [6.07, 6.45) is 4.57. The molecule has 18 heteroatoms. The van der Waals surface area contributed by atoms with Gasteiger partial charge in [-0.2, -0.15) is 5.10 Å². The molecule has 0 saturated carbocycles. The molecule has 0 spiro atoms. The number of hydrogen-bond acceptors (Lipinski definition) is 10. The molecule has 0 radical (unpaired) electrons. The van der Waals surface area contributed by atoms with Crippen LogP contribution < -0.4 is 50.4 Å². The Morgan fingerprint density at radius 3 is 2.50 bits per heavy atom. The van der Waals surface area contributed by atoms with Gasteiger partial charge in [0, 0.05) is 25.4 Å². The quantitative estimate of drug-likeness (QED) is 0.0561. The molecule has 4 amide bonds. The van der Waals surface area contributed by atoms with Crippen LogP contribution in [0.15, 0.2) is 66.7 Å². The number of rotatable bonds is 14. The Morgan fingerprint density at radius 1 is 1.03 bits per heavy atom. The average molecular weight is 1040 g/mol. The van der Waals surface area contributed by atoms with E-state index in [1.54, 1.807) is 4.90 Å². The van der Waals surface area contributed by atoms with E-state index in [2.05, 4.69) is 41.9 Å². The minimum atomic E-state index is -1.01. The number of anilines is 1. The molecule has 14 nitrogen and oxygen atoms in total. The number of nitrogens with one attached hydrogen (secondary N) is 2. The van der Waals surface area contributed by atoms with E-state index in [4.69, 9.17) is 26.8 Å². The topological polar surface area (TPSA) is 168 Å². The van der Waals surface area contributed by atoms with Gasteiger partial charge in [0.2, 0.25) is 5.91 Å². The number of halogens is 4. The van der Waals surface area contributed by atoms with Crippen molar-refractivity contribution in [3.05, 3.63) is 106 Å². The third-order valence-corrected chi connectivity index (χ3v) is 17.4. The average Bonchev–Trinajstić information content (AvgIpc) is 3.80. The number of benzene rings is 4. The summed E-state index contributed by atoms with van der Waals surface area (Å²) in [4.78, 5) is 43.7. The number of aliphatic hydroxyl groups is 1. The zero-order valence-corrected chi connectivity index (χ0v) is 39.7. The maximum absolute atomic E-state index is 16.4. The molecule has 0 bridgehead atoms. The fourth-order valence-electron chi connectivity index (χ4n) is 10.1. The number of nitrogens with two attached hydrogens (primary N) is 1. The number of urea groups is 1. The number of piperidine rings is 2. The Kier molecular flexibility index (Phi) is 13.6. The van der Waals surface area contributed by atoms with Crippen LogP contribution in [0.25, 0.3) is 22.0 Å². The number of aliphatic hydroxyl groups excluding tert-OH is 1. The van der Waals surface area contributed by atoms with Crippen LogP contribution in [0.5, 0.6) is 11.5 Å². The van der Waals surface area contributed by atoms with Gasteiger partial charge in [-0.3, -0.25) is 19.7 Å². The van der Waals surface area contributed by atoms with Crippen molar-refractivity contribution >= 4 is 46.2 Å². The second kappa shape index (κ2) is 19.4. The molecule has 66 heavy (non-hydrogen) atoms.